The number of rotatable bonds is 1. The van der Waals surface area contributed by atoms with E-state index in [1.165, 1.54) is 6.42 Å². The van der Waals surface area contributed by atoms with Gasteiger partial charge in [0.2, 0.25) is 0 Å². The van der Waals surface area contributed by atoms with Crippen molar-refractivity contribution in [3.05, 3.63) is 6.92 Å². The van der Waals surface area contributed by atoms with Gasteiger partial charge in [-0.3, -0.25) is 0 Å². The topological polar surface area (TPSA) is 40.5 Å². The third-order valence-corrected chi connectivity index (χ3v) is 0.365. The summed E-state index contributed by atoms with van der Waals surface area (Å²) in [6.45, 7) is 10.9. The molecule has 0 spiro atoms. The summed E-state index contributed by atoms with van der Waals surface area (Å²) in [4.78, 5) is 0. The Bertz CT molecular complexity index is 37.6. The van der Waals surface area contributed by atoms with Gasteiger partial charge in [-0.05, 0) is 6.32 Å². The molecule has 0 bridgehead atoms. The maximum absolute atomic E-state index is 7.92. The fourth-order valence-electron chi connectivity index (χ4n) is 0. The van der Waals surface area contributed by atoms with Gasteiger partial charge in [0.05, 0.1) is 0 Å². The molecule has 64 valence electrons. The third-order valence-electron chi connectivity index (χ3n) is 0.365. The predicted molar refractivity (Wildman–Crippen MR) is 47.7 cm³/mol. The molecule has 0 unspecified atom stereocenters. The predicted octanol–water partition coefficient (Wildman–Crippen LogP) is -1.26. The first-order chi connectivity index (χ1) is 4.68. The smallest absolute Gasteiger partial charge is 0.427 e. The van der Waals surface area contributed by atoms with Crippen LogP contribution in [0.3, 0.4) is 0 Å². The molecule has 0 aromatic rings. The third kappa shape index (κ3) is 117. The second kappa shape index (κ2) is 31.2. The Hall–Kier alpha value is 0.582. The van der Waals surface area contributed by atoms with E-state index in [0.29, 0.717) is 6.32 Å². The molecule has 0 aliphatic rings. The Labute approximate surface area is 83.7 Å². The molecule has 11 heavy (non-hydrogen) atoms. The molecule has 0 saturated heterocycles. The minimum absolute atomic E-state index is 0. The molecular formula is C7H20BLiO2. The van der Waals surface area contributed by atoms with E-state index < -0.39 is 7.12 Å². The van der Waals surface area contributed by atoms with Gasteiger partial charge in [0, 0.05) is 0 Å². The molecule has 0 heterocycles. The van der Waals surface area contributed by atoms with Crippen LogP contribution in [-0.2, 0) is 0 Å². The second-order valence-corrected chi connectivity index (χ2v) is 1.60. The molecule has 0 aliphatic carbocycles. The van der Waals surface area contributed by atoms with Crippen LogP contribution in [0.1, 0.15) is 34.1 Å². The summed E-state index contributed by atoms with van der Waals surface area (Å²) in [5, 5.41) is 15.8. The Kier molecular flexibility index (Phi) is 64.0. The molecule has 2 N–H and O–H groups in total. The Balaban J connectivity index is -0.0000000360. The fraction of sp³-hybridized carbons (Fsp3) is 0.857. The monoisotopic (exact) mass is 154 g/mol. The quantitative estimate of drug-likeness (QED) is 0.365. The van der Waals surface area contributed by atoms with Crippen LogP contribution >= 0.6 is 0 Å². The Morgan fingerprint density at radius 1 is 1.09 bits per heavy atom. The van der Waals surface area contributed by atoms with Crippen LogP contribution in [0.4, 0.5) is 0 Å². The Morgan fingerprint density at radius 3 is 1.18 bits per heavy atom. The van der Waals surface area contributed by atoms with Gasteiger partial charge in [-0.15, -0.1) is 0 Å². The van der Waals surface area contributed by atoms with Gasteiger partial charge in [0.1, 0.15) is 0 Å². The largest absolute Gasteiger partial charge is 1.00 e. The summed E-state index contributed by atoms with van der Waals surface area (Å²) in [5.74, 6) is 0. The van der Waals surface area contributed by atoms with E-state index in [4.69, 9.17) is 10.0 Å². The molecule has 0 aromatic carbocycles. The molecular weight excluding hydrogens is 134 g/mol. The first-order valence-electron chi connectivity index (χ1n) is 3.75. The van der Waals surface area contributed by atoms with Crippen molar-refractivity contribution in [1.29, 1.82) is 0 Å². The standard InChI is InChI=1S/C3H8.C2H7BO2.C2H5.Li/c1-3-2;1-2-3(4)5;1-2;/h3H2,1-2H3;4-5H,2H2,1H3;1H2,2H3;/q;;-1;+1. The number of hydrogen-bond donors (Lipinski definition) is 2. The van der Waals surface area contributed by atoms with E-state index in [2.05, 4.69) is 20.8 Å². The first-order valence-corrected chi connectivity index (χ1v) is 3.75. The average molecular weight is 154 g/mol. The molecule has 0 fully saturated rings. The SMILES string of the molecule is CCB(O)O.CCC.[CH2-]C.[Li+]. The van der Waals surface area contributed by atoms with Gasteiger partial charge < -0.3 is 17.0 Å². The van der Waals surface area contributed by atoms with E-state index in [-0.39, 0.29) is 18.9 Å². The molecule has 0 aliphatic heterocycles. The van der Waals surface area contributed by atoms with E-state index in [9.17, 15) is 0 Å². The van der Waals surface area contributed by atoms with Crippen molar-refractivity contribution in [1.82, 2.24) is 0 Å². The van der Waals surface area contributed by atoms with Crippen molar-refractivity contribution in [2.45, 2.75) is 40.4 Å². The Morgan fingerprint density at radius 2 is 1.18 bits per heavy atom. The first kappa shape index (κ1) is 22.6. The van der Waals surface area contributed by atoms with Crippen LogP contribution in [0, 0.1) is 6.92 Å². The van der Waals surface area contributed by atoms with Crippen molar-refractivity contribution >= 4 is 7.12 Å². The summed E-state index contributed by atoms with van der Waals surface area (Å²) in [5.41, 5.74) is 0. The molecule has 0 rings (SSSR count). The second-order valence-electron chi connectivity index (χ2n) is 1.60. The minimum Gasteiger partial charge on any atom is -0.427 e. The van der Waals surface area contributed by atoms with E-state index in [1.54, 1.807) is 13.8 Å². The van der Waals surface area contributed by atoms with Gasteiger partial charge in [-0.25, -0.2) is 0 Å². The summed E-state index contributed by atoms with van der Waals surface area (Å²) in [7, 11) is -1.12. The number of hydrogen-bond acceptors (Lipinski definition) is 2. The average Bonchev–Trinajstić information content (AvgIpc) is 1.94. The van der Waals surface area contributed by atoms with Crippen molar-refractivity contribution in [2.75, 3.05) is 0 Å². The normalized spacial score (nSPS) is 5.73. The van der Waals surface area contributed by atoms with Gasteiger partial charge in [-0.2, -0.15) is 6.92 Å². The summed E-state index contributed by atoms with van der Waals surface area (Å²) in [6, 6.07) is 0. The summed E-state index contributed by atoms with van der Waals surface area (Å²) in [6.07, 6.45) is 1.67. The molecule has 0 saturated carbocycles. The van der Waals surface area contributed by atoms with Gasteiger partial charge >= 0.3 is 26.0 Å². The van der Waals surface area contributed by atoms with Gasteiger partial charge in [0.15, 0.2) is 0 Å². The maximum atomic E-state index is 7.92. The zero-order valence-corrected chi connectivity index (χ0v) is 8.59. The van der Waals surface area contributed by atoms with Crippen LogP contribution in [0.5, 0.6) is 0 Å². The molecule has 0 radical (unpaired) electrons. The van der Waals surface area contributed by atoms with Crippen LogP contribution in [0.15, 0.2) is 0 Å². The van der Waals surface area contributed by atoms with Crippen LogP contribution in [0.2, 0.25) is 6.32 Å². The molecule has 0 aromatic heterocycles. The zero-order chi connectivity index (χ0) is 8.99. The fourth-order valence-corrected chi connectivity index (χ4v) is 0. The summed E-state index contributed by atoms with van der Waals surface area (Å²) < 4.78 is 0. The van der Waals surface area contributed by atoms with Gasteiger partial charge in [-0.1, -0.05) is 27.2 Å². The zero-order valence-electron chi connectivity index (χ0n) is 8.59. The van der Waals surface area contributed by atoms with E-state index >= 15 is 0 Å². The summed E-state index contributed by atoms with van der Waals surface area (Å²) >= 11 is 0. The van der Waals surface area contributed by atoms with E-state index in [1.807, 2.05) is 0 Å². The van der Waals surface area contributed by atoms with Gasteiger partial charge in [0.25, 0.3) is 0 Å². The van der Waals surface area contributed by atoms with Crippen molar-refractivity contribution in [3.63, 3.8) is 0 Å². The molecule has 0 amide bonds. The molecule has 0 atom stereocenters. The van der Waals surface area contributed by atoms with Crippen molar-refractivity contribution < 1.29 is 28.9 Å². The molecule has 2 nitrogen and oxygen atoms in total. The molecule has 4 heteroatoms. The van der Waals surface area contributed by atoms with E-state index in [0.717, 1.165) is 0 Å². The van der Waals surface area contributed by atoms with Crippen LogP contribution < -0.4 is 18.9 Å². The van der Waals surface area contributed by atoms with Crippen molar-refractivity contribution in [3.8, 4) is 0 Å². The van der Waals surface area contributed by atoms with Crippen molar-refractivity contribution in [2.24, 2.45) is 0 Å². The van der Waals surface area contributed by atoms with Crippen LogP contribution in [-0.4, -0.2) is 17.2 Å². The maximum Gasteiger partial charge on any atom is 1.00 e. The van der Waals surface area contributed by atoms with Crippen LogP contribution in [0.25, 0.3) is 0 Å². The minimum atomic E-state index is -1.12.